The monoisotopic (exact) mass is 397 g/mol. The van der Waals surface area contributed by atoms with Gasteiger partial charge in [-0.2, -0.15) is 0 Å². The number of hydrogen-bond donors (Lipinski definition) is 1. The van der Waals surface area contributed by atoms with Crippen molar-refractivity contribution in [2.24, 2.45) is 0 Å². The molecule has 5 nitrogen and oxygen atoms in total. The van der Waals surface area contributed by atoms with Crippen molar-refractivity contribution in [3.63, 3.8) is 0 Å². The maximum absolute atomic E-state index is 12.6. The van der Waals surface area contributed by atoms with Crippen molar-refractivity contribution in [1.82, 2.24) is 5.32 Å². The lowest BCUT2D eigenvalue weighted by molar-refractivity contribution is 0.0857. The van der Waals surface area contributed by atoms with Crippen molar-refractivity contribution in [3.05, 3.63) is 59.2 Å². The van der Waals surface area contributed by atoms with Gasteiger partial charge in [0.25, 0.3) is 5.91 Å². The summed E-state index contributed by atoms with van der Waals surface area (Å²) < 4.78 is 17.4. The molecule has 3 rings (SSSR count). The van der Waals surface area contributed by atoms with Crippen molar-refractivity contribution in [1.29, 1.82) is 0 Å². The predicted molar refractivity (Wildman–Crippen MR) is 114 cm³/mol. The zero-order valence-corrected chi connectivity index (χ0v) is 17.6. The predicted octanol–water partition coefficient (Wildman–Crippen LogP) is 4.70. The molecule has 156 valence electrons. The number of carbonyl (C=O) groups is 1. The van der Waals surface area contributed by atoms with Gasteiger partial charge in [-0.25, -0.2) is 0 Å². The van der Waals surface area contributed by atoms with Gasteiger partial charge in [-0.1, -0.05) is 32.0 Å². The number of para-hydroxylation sites is 1. The summed E-state index contributed by atoms with van der Waals surface area (Å²) in [5, 5.41) is 2.97. The number of ether oxygens (including phenoxy) is 3. The first-order valence-corrected chi connectivity index (χ1v) is 10.5. The van der Waals surface area contributed by atoms with Crippen LogP contribution in [0.1, 0.15) is 61.0 Å². The molecule has 2 aromatic rings. The van der Waals surface area contributed by atoms with Gasteiger partial charge in [0.15, 0.2) is 0 Å². The number of carbonyl (C=O) groups excluding carboxylic acids is 1. The van der Waals surface area contributed by atoms with Gasteiger partial charge in [0.2, 0.25) is 0 Å². The molecule has 0 aliphatic carbocycles. The topological polar surface area (TPSA) is 56.8 Å². The summed E-state index contributed by atoms with van der Waals surface area (Å²) in [7, 11) is 0. The number of benzene rings is 2. The molecule has 1 amide bonds. The van der Waals surface area contributed by atoms with Crippen LogP contribution in [-0.2, 0) is 11.3 Å². The summed E-state index contributed by atoms with van der Waals surface area (Å²) >= 11 is 0. The fraction of sp³-hybridized carbons (Fsp3) is 0.458. The van der Waals surface area contributed by atoms with E-state index in [1.54, 1.807) is 6.07 Å². The summed E-state index contributed by atoms with van der Waals surface area (Å²) in [6, 6.07) is 13.5. The third-order valence-electron chi connectivity index (χ3n) is 5.06. The van der Waals surface area contributed by atoms with Gasteiger partial charge in [-0.05, 0) is 55.5 Å². The van der Waals surface area contributed by atoms with E-state index in [0.29, 0.717) is 31.2 Å². The summed E-state index contributed by atoms with van der Waals surface area (Å²) in [6.07, 6.45) is 2.18. The third-order valence-corrected chi connectivity index (χ3v) is 5.06. The Bertz CT molecular complexity index is 812. The van der Waals surface area contributed by atoms with E-state index in [1.807, 2.05) is 37.3 Å². The van der Waals surface area contributed by atoms with Crippen LogP contribution in [0, 0.1) is 0 Å². The van der Waals surface area contributed by atoms with Crippen LogP contribution in [0.5, 0.6) is 11.5 Å². The van der Waals surface area contributed by atoms with Gasteiger partial charge in [0.05, 0.1) is 12.7 Å². The van der Waals surface area contributed by atoms with E-state index in [4.69, 9.17) is 14.2 Å². The van der Waals surface area contributed by atoms with Gasteiger partial charge in [0, 0.05) is 24.3 Å². The lowest BCUT2D eigenvalue weighted by Gasteiger charge is -2.17. The van der Waals surface area contributed by atoms with E-state index in [2.05, 4.69) is 25.2 Å². The number of nitrogens with one attached hydrogen (secondary N) is 1. The molecule has 0 saturated carbocycles. The minimum atomic E-state index is -0.104. The number of hydrogen-bond acceptors (Lipinski definition) is 4. The summed E-state index contributed by atoms with van der Waals surface area (Å²) in [4.78, 5) is 12.6. The zero-order chi connectivity index (χ0) is 20.6. The second kappa shape index (κ2) is 10.3. The number of rotatable bonds is 9. The second-order valence-corrected chi connectivity index (χ2v) is 7.58. The highest BCUT2D eigenvalue weighted by Crippen LogP contribution is 2.28. The Morgan fingerprint density at radius 1 is 1.17 bits per heavy atom. The molecule has 1 atom stereocenters. The van der Waals surface area contributed by atoms with Crippen LogP contribution in [0.4, 0.5) is 0 Å². The molecule has 1 heterocycles. The van der Waals surface area contributed by atoms with Crippen LogP contribution < -0.4 is 14.8 Å². The molecule has 0 radical (unpaired) electrons. The molecule has 0 spiro atoms. The van der Waals surface area contributed by atoms with Crippen molar-refractivity contribution >= 4 is 5.91 Å². The van der Waals surface area contributed by atoms with Gasteiger partial charge in [-0.3, -0.25) is 4.79 Å². The molecule has 1 aliphatic rings. The maximum Gasteiger partial charge on any atom is 0.251 e. The molecule has 1 unspecified atom stereocenters. The van der Waals surface area contributed by atoms with E-state index >= 15 is 0 Å². The van der Waals surface area contributed by atoms with Crippen molar-refractivity contribution in [2.45, 2.75) is 52.2 Å². The molecule has 2 aromatic carbocycles. The zero-order valence-electron chi connectivity index (χ0n) is 17.6. The average Bonchev–Trinajstić information content (AvgIpc) is 3.25. The minimum absolute atomic E-state index is 0.104. The maximum atomic E-state index is 12.6. The van der Waals surface area contributed by atoms with Crippen LogP contribution in [0.2, 0.25) is 0 Å². The van der Waals surface area contributed by atoms with E-state index < -0.39 is 0 Å². The van der Waals surface area contributed by atoms with Crippen LogP contribution in [-0.4, -0.2) is 31.8 Å². The quantitative estimate of drug-likeness (QED) is 0.667. The third kappa shape index (κ3) is 5.73. The van der Waals surface area contributed by atoms with Crippen LogP contribution in [0.25, 0.3) is 0 Å². The van der Waals surface area contributed by atoms with E-state index in [0.717, 1.165) is 42.1 Å². The SMILES string of the molecule is CCOc1ccc(C(=O)NCC2CCCO2)cc1COc1ccccc1C(C)C. The average molecular weight is 398 g/mol. The molecule has 1 saturated heterocycles. The molecule has 0 bridgehead atoms. The summed E-state index contributed by atoms with van der Waals surface area (Å²) in [5.41, 5.74) is 2.62. The van der Waals surface area contributed by atoms with E-state index in [-0.39, 0.29) is 12.0 Å². The smallest absolute Gasteiger partial charge is 0.251 e. The van der Waals surface area contributed by atoms with E-state index in [1.165, 1.54) is 0 Å². The lowest BCUT2D eigenvalue weighted by atomic mass is 10.0. The Balaban J connectivity index is 1.72. The van der Waals surface area contributed by atoms with Crippen LogP contribution in [0.15, 0.2) is 42.5 Å². The lowest BCUT2D eigenvalue weighted by Crippen LogP contribution is -2.31. The Morgan fingerprint density at radius 2 is 2.00 bits per heavy atom. The van der Waals surface area contributed by atoms with Gasteiger partial charge in [0.1, 0.15) is 18.1 Å². The van der Waals surface area contributed by atoms with Crippen molar-refractivity contribution in [2.75, 3.05) is 19.8 Å². The minimum Gasteiger partial charge on any atom is -0.493 e. The van der Waals surface area contributed by atoms with Crippen molar-refractivity contribution < 1.29 is 19.0 Å². The molecule has 1 aliphatic heterocycles. The first kappa shape index (κ1) is 21.2. The Morgan fingerprint density at radius 3 is 2.72 bits per heavy atom. The highest BCUT2D eigenvalue weighted by Gasteiger charge is 2.18. The van der Waals surface area contributed by atoms with Crippen LogP contribution >= 0.6 is 0 Å². The Kier molecular flexibility index (Phi) is 7.53. The normalized spacial score (nSPS) is 16.1. The van der Waals surface area contributed by atoms with Gasteiger partial charge in [-0.15, -0.1) is 0 Å². The molecular weight excluding hydrogens is 366 g/mol. The van der Waals surface area contributed by atoms with E-state index in [9.17, 15) is 4.79 Å². The second-order valence-electron chi connectivity index (χ2n) is 7.58. The molecule has 1 fully saturated rings. The largest absolute Gasteiger partial charge is 0.493 e. The number of amides is 1. The standard InChI is InChI=1S/C24H31NO4/c1-4-27-22-12-11-18(24(26)25-15-20-8-7-13-28-20)14-19(22)16-29-23-10-6-5-9-21(23)17(2)3/h5-6,9-12,14,17,20H,4,7-8,13,15-16H2,1-3H3,(H,25,26). The highest BCUT2D eigenvalue weighted by atomic mass is 16.5. The van der Waals surface area contributed by atoms with Gasteiger partial charge >= 0.3 is 0 Å². The molecule has 1 N–H and O–H groups in total. The Labute approximate surface area is 173 Å². The Hall–Kier alpha value is -2.53. The first-order valence-electron chi connectivity index (χ1n) is 10.5. The van der Waals surface area contributed by atoms with Crippen molar-refractivity contribution in [3.8, 4) is 11.5 Å². The fourth-order valence-electron chi connectivity index (χ4n) is 3.49. The molecule has 0 aromatic heterocycles. The summed E-state index contributed by atoms with van der Waals surface area (Å²) in [6.45, 7) is 8.45. The molecular formula is C24H31NO4. The first-order chi connectivity index (χ1) is 14.1. The summed E-state index contributed by atoms with van der Waals surface area (Å²) in [5.74, 6) is 1.86. The molecule has 5 heteroatoms. The fourth-order valence-corrected chi connectivity index (χ4v) is 3.49. The van der Waals surface area contributed by atoms with Gasteiger partial charge < -0.3 is 19.5 Å². The molecule has 29 heavy (non-hydrogen) atoms. The van der Waals surface area contributed by atoms with Crippen LogP contribution in [0.3, 0.4) is 0 Å². The highest BCUT2D eigenvalue weighted by molar-refractivity contribution is 5.94.